The van der Waals surface area contributed by atoms with Crippen LogP contribution in [0.3, 0.4) is 0 Å². The Morgan fingerprint density at radius 1 is 1.00 bits per heavy atom. The number of esters is 1. The third-order valence-corrected chi connectivity index (χ3v) is 5.06. The van der Waals surface area contributed by atoms with Gasteiger partial charge in [0.15, 0.2) is 0 Å². The SMILES string of the molecule is COC(=O)C1(N(C(=O)Nc2ccc(Cl)cc2)c2ccc(Cl)cc2)CCC1. The fourth-order valence-corrected chi connectivity index (χ4v) is 3.33. The van der Waals surface area contributed by atoms with Crippen LogP contribution in [0.5, 0.6) is 0 Å². The smallest absolute Gasteiger partial charge is 0.332 e. The molecule has 136 valence electrons. The maximum atomic E-state index is 13.1. The second kappa shape index (κ2) is 7.56. The van der Waals surface area contributed by atoms with E-state index in [-0.39, 0.29) is 0 Å². The normalized spacial score (nSPS) is 14.9. The maximum absolute atomic E-state index is 13.1. The van der Waals surface area contributed by atoms with Crippen LogP contribution in [0, 0.1) is 0 Å². The van der Waals surface area contributed by atoms with Crippen LogP contribution in [0.1, 0.15) is 19.3 Å². The number of amides is 2. The summed E-state index contributed by atoms with van der Waals surface area (Å²) in [6.45, 7) is 0. The number of methoxy groups -OCH3 is 1. The summed E-state index contributed by atoms with van der Waals surface area (Å²) < 4.78 is 5.00. The van der Waals surface area contributed by atoms with Crippen LogP contribution in [-0.2, 0) is 9.53 Å². The third-order valence-electron chi connectivity index (χ3n) is 4.56. The molecule has 2 aromatic carbocycles. The van der Waals surface area contributed by atoms with E-state index in [1.54, 1.807) is 48.5 Å². The van der Waals surface area contributed by atoms with E-state index in [1.165, 1.54) is 12.0 Å². The predicted molar refractivity (Wildman–Crippen MR) is 103 cm³/mol. The van der Waals surface area contributed by atoms with Crippen LogP contribution in [-0.4, -0.2) is 24.6 Å². The minimum atomic E-state index is -1.01. The van der Waals surface area contributed by atoms with Gasteiger partial charge in [-0.25, -0.2) is 9.59 Å². The zero-order valence-corrected chi connectivity index (χ0v) is 15.7. The molecule has 7 heteroatoms. The quantitative estimate of drug-likeness (QED) is 0.733. The molecule has 0 unspecified atom stereocenters. The van der Waals surface area contributed by atoms with Crippen molar-refractivity contribution < 1.29 is 14.3 Å². The highest BCUT2D eigenvalue weighted by Crippen LogP contribution is 2.42. The van der Waals surface area contributed by atoms with Crippen molar-refractivity contribution in [2.45, 2.75) is 24.8 Å². The average molecular weight is 393 g/mol. The molecule has 0 saturated heterocycles. The lowest BCUT2D eigenvalue weighted by Crippen LogP contribution is -2.63. The number of halogens is 2. The van der Waals surface area contributed by atoms with Crippen molar-refractivity contribution in [2.24, 2.45) is 0 Å². The van der Waals surface area contributed by atoms with Gasteiger partial charge in [-0.15, -0.1) is 0 Å². The van der Waals surface area contributed by atoms with Crippen molar-refractivity contribution in [3.05, 3.63) is 58.6 Å². The molecule has 0 aromatic heterocycles. The molecule has 0 spiro atoms. The zero-order valence-electron chi connectivity index (χ0n) is 14.2. The molecule has 2 aromatic rings. The van der Waals surface area contributed by atoms with Gasteiger partial charge in [0.1, 0.15) is 5.54 Å². The molecule has 0 radical (unpaired) electrons. The van der Waals surface area contributed by atoms with Crippen LogP contribution < -0.4 is 10.2 Å². The fourth-order valence-electron chi connectivity index (χ4n) is 3.08. The topological polar surface area (TPSA) is 58.6 Å². The van der Waals surface area contributed by atoms with Crippen molar-refractivity contribution in [1.29, 1.82) is 0 Å². The van der Waals surface area contributed by atoms with E-state index in [4.69, 9.17) is 27.9 Å². The number of urea groups is 1. The van der Waals surface area contributed by atoms with Crippen LogP contribution in [0.4, 0.5) is 16.2 Å². The first-order valence-corrected chi connectivity index (χ1v) is 8.93. The standard InChI is InChI=1S/C19H18Cl2N2O3/c1-26-17(24)19(11-2-12-19)23(16-9-5-14(21)6-10-16)18(25)22-15-7-3-13(20)4-8-15/h3-10H,2,11-12H2,1H3,(H,22,25). The molecule has 1 fully saturated rings. The van der Waals surface area contributed by atoms with E-state index in [0.29, 0.717) is 34.3 Å². The molecule has 1 saturated carbocycles. The number of hydrogen-bond donors (Lipinski definition) is 1. The molecular weight excluding hydrogens is 375 g/mol. The van der Waals surface area contributed by atoms with Crippen LogP contribution in [0.25, 0.3) is 0 Å². The van der Waals surface area contributed by atoms with Crippen molar-refractivity contribution >= 4 is 46.6 Å². The lowest BCUT2D eigenvalue weighted by molar-refractivity contribution is -0.150. The van der Waals surface area contributed by atoms with E-state index in [2.05, 4.69) is 5.32 Å². The number of carbonyl (C=O) groups is 2. The number of nitrogens with zero attached hydrogens (tertiary/aromatic N) is 1. The Balaban J connectivity index is 1.97. The molecule has 1 aliphatic rings. The van der Waals surface area contributed by atoms with Gasteiger partial charge >= 0.3 is 12.0 Å². The summed E-state index contributed by atoms with van der Waals surface area (Å²) in [4.78, 5) is 27.1. The van der Waals surface area contributed by atoms with E-state index >= 15 is 0 Å². The molecule has 0 atom stereocenters. The van der Waals surface area contributed by atoms with Crippen molar-refractivity contribution in [1.82, 2.24) is 0 Å². The highest BCUT2D eigenvalue weighted by Gasteiger charge is 2.53. The number of nitrogens with one attached hydrogen (secondary N) is 1. The number of anilines is 2. The monoisotopic (exact) mass is 392 g/mol. The van der Waals surface area contributed by atoms with Gasteiger partial charge in [-0.3, -0.25) is 4.90 Å². The first-order valence-electron chi connectivity index (χ1n) is 8.17. The first kappa shape index (κ1) is 18.5. The molecule has 0 heterocycles. The lowest BCUT2D eigenvalue weighted by atomic mass is 9.75. The third kappa shape index (κ3) is 3.50. The average Bonchev–Trinajstić information content (AvgIpc) is 2.60. The number of ether oxygens (including phenoxy) is 1. The van der Waals surface area contributed by atoms with Gasteiger partial charge in [-0.05, 0) is 67.8 Å². The number of hydrogen-bond acceptors (Lipinski definition) is 3. The Morgan fingerprint density at radius 3 is 2.00 bits per heavy atom. The Labute approximate surface area is 161 Å². The van der Waals surface area contributed by atoms with E-state index < -0.39 is 17.5 Å². The predicted octanol–water partition coefficient (Wildman–Crippen LogP) is 5.13. The highest BCUT2D eigenvalue weighted by molar-refractivity contribution is 6.31. The summed E-state index contributed by atoms with van der Waals surface area (Å²) >= 11 is 11.9. The van der Waals surface area contributed by atoms with E-state index in [9.17, 15) is 9.59 Å². The van der Waals surface area contributed by atoms with Crippen molar-refractivity contribution in [3.8, 4) is 0 Å². The Kier molecular flexibility index (Phi) is 5.39. The lowest BCUT2D eigenvalue weighted by Gasteiger charge is -2.47. The summed E-state index contributed by atoms with van der Waals surface area (Å²) in [7, 11) is 1.33. The van der Waals surface area contributed by atoms with Crippen molar-refractivity contribution in [2.75, 3.05) is 17.3 Å². The summed E-state index contributed by atoms with van der Waals surface area (Å²) in [5.74, 6) is -0.426. The van der Waals surface area contributed by atoms with Gasteiger partial charge in [-0.2, -0.15) is 0 Å². The van der Waals surface area contributed by atoms with Gasteiger partial charge in [0.25, 0.3) is 0 Å². The molecule has 5 nitrogen and oxygen atoms in total. The molecule has 0 bridgehead atoms. The minimum absolute atomic E-state index is 0.417. The molecular formula is C19H18Cl2N2O3. The van der Waals surface area contributed by atoms with Gasteiger partial charge in [0.2, 0.25) is 0 Å². The van der Waals surface area contributed by atoms with Crippen LogP contribution >= 0.6 is 23.2 Å². The first-order chi connectivity index (χ1) is 12.5. The molecule has 0 aliphatic heterocycles. The van der Waals surface area contributed by atoms with Gasteiger partial charge in [0, 0.05) is 21.4 Å². The Morgan fingerprint density at radius 2 is 1.54 bits per heavy atom. The number of benzene rings is 2. The van der Waals surface area contributed by atoms with E-state index in [1.807, 2.05) is 0 Å². The minimum Gasteiger partial charge on any atom is -0.467 e. The second-order valence-corrected chi connectivity index (χ2v) is 7.00. The second-order valence-electron chi connectivity index (χ2n) is 6.13. The molecule has 2 amide bonds. The number of carbonyl (C=O) groups excluding carboxylic acids is 2. The van der Waals surface area contributed by atoms with Crippen molar-refractivity contribution in [3.63, 3.8) is 0 Å². The molecule has 1 N–H and O–H groups in total. The number of rotatable bonds is 4. The van der Waals surface area contributed by atoms with Crippen LogP contribution in [0.15, 0.2) is 48.5 Å². The van der Waals surface area contributed by atoms with Gasteiger partial charge in [-0.1, -0.05) is 23.2 Å². The summed E-state index contributed by atoms with van der Waals surface area (Å²) in [6.07, 6.45) is 1.92. The van der Waals surface area contributed by atoms with Gasteiger partial charge in [0.05, 0.1) is 7.11 Å². The van der Waals surface area contributed by atoms with Crippen LogP contribution in [0.2, 0.25) is 10.0 Å². The van der Waals surface area contributed by atoms with Gasteiger partial charge < -0.3 is 10.1 Å². The molecule has 3 rings (SSSR count). The Hall–Kier alpha value is -2.24. The zero-order chi connectivity index (χ0) is 18.7. The maximum Gasteiger partial charge on any atom is 0.332 e. The summed E-state index contributed by atoms with van der Waals surface area (Å²) in [5.41, 5.74) is 0.141. The Bertz CT molecular complexity index is 803. The fraction of sp³-hybridized carbons (Fsp3) is 0.263. The summed E-state index contributed by atoms with van der Waals surface area (Å²) in [6, 6.07) is 13.1. The summed E-state index contributed by atoms with van der Waals surface area (Å²) in [5, 5.41) is 3.94. The molecule has 1 aliphatic carbocycles. The van der Waals surface area contributed by atoms with E-state index in [0.717, 1.165) is 6.42 Å². The highest BCUT2D eigenvalue weighted by atomic mass is 35.5. The molecule has 26 heavy (non-hydrogen) atoms. The largest absolute Gasteiger partial charge is 0.467 e.